The zero-order valence-electron chi connectivity index (χ0n) is 28.2. The van der Waals surface area contributed by atoms with Crippen LogP contribution in [0.2, 0.25) is 6.55 Å². The molecule has 2 aromatic carbocycles. The molecule has 17 heteroatoms. The smallest absolute Gasteiger partial charge is 0.490 e. The van der Waals surface area contributed by atoms with E-state index in [2.05, 4.69) is 0 Å². The van der Waals surface area contributed by atoms with Gasteiger partial charge in [-0.3, -0.25) is 14.5 Å². The zero-order valence-corrected chi connectivity index (χ0v) is 29.2. The van der Waals surface area contributed by atoms with E-state index in [4.69, 9.17) is 42.0 Å². The highest BCUT2D eigenvalue weighted by molar-refractivity contribution is 6.59. The molecule has 270 valence electrons. The van der Waals surface area contributed by atoms with Gasteiger partial charge in [-0.2, -0.15) is 0 Å². The van der Waals surface area contributed by atoms with Crippen molar-refractivity contribution in [3.05, 3.63) is 59.7 Å². The number of rotatable bonds is 22. The molecule has 0 radical (unpaired) electrons. The number of hydrogen-bond donors (Lipinski definition) is 2. The summed E-state index contributed by atoms with van der Waals surface area (Å²) in [5, 5.41) is 19.7. The van der Waals surface area contributed by atoms with E-state index < -0.39 is 69.3 Å². The predicted molar refractivity (Wildman–Crippen MR) is 170 cm³/mol. The number of hydrogen-bond acceptors (Lipinski definition) is 16. The first-order chi connectivity index (χ1) is 22.9. The summed E-state index contributed by atoms with van der Waals surface area (Å²) in [6.07, 6.45) is 0. The minimum atomic E-state index is -3.89. The van der Waals surface area contributed by atoms with Crippen molar-refractivity contribution >= 4 is 38.3 Å². The minimum Gasteiger partial charge on any atom is -0.490 e. The van der Waals surface area contributed by atoms with E-state index in [1.165, 1.54) is 89.9 Å². The van der Waals surface area contributed by atoms with Crippen LogP contribution in [0.15, 0.2) is 48.5 Å². The Morgan fingerprint density at radius 2 is 1.02 bits per heavy atom. The number of methoxy groups -OCH3 is 1. The quantitative estimate of drug-likeness (QED) is 0.0446. The van der Waals surface area contributed by atoms with Crippen molar-refractivity contribution in [2.75, 3.05) is 53.4 Å². The van der Waals surface area contributed by atoms with Gasteiger partial charge in [0.25, 0.3) is 0 Å². The Morgan fingerprint density at radius 1 is 0.612 bits per heavy atom. The second-order valence-corrected chi connectivity index (χ2v) is 14.0. The Labute approximate surface area is 284 Å². The van der Waals surface area contributed by atoms with E-state index in [1.807, 2.05) is 0 Å². The van der Waals surface area contributed by atoms with Gasteiger partial charge in [0.2, 0.25) is 0 Å². The van der Waals surface area contributed by atoms with Gasteiger partial charge in [0.05, 0.1) is 6.61 Å². The number of carbonyl (C=O) groups excluding carboxylic acids is 5. The summed E-state index contributed by atoms with van der Waals surface area (Å²) < 4.78 is 36.8. The molecule has 1 unspecified atom stereocenters. The van der Waals surface area contributed by atoms with Crippen molar-refractivity contribution in [3.8, 4) is 11.5 Å². The molecule has 0 heterocycles. The molecule has 0 aliphatic heterocycles. The molecule has 2 N–H and O–H groups in total. The van der Waals surface area contributed by atoms with Crippen LogP contribution in [0.25, 0.3) is 0 Å². The largest absolute Gasteiger partial charge is 0.499 e. The average molecular weight is 711 g/mol. The monoisotopic (exact) mass is 710 g/mol. The maximum atomic E-state index is 12.3. The third-order valence-corrected chi connectivity index (χ3v) is 8.10. The van der Waals surface area contributed by atoms with Gasteiger partial charge < -0.3 is 42.4 Å². The normalized spacial score (nSPS) is 12.7. The van der Waals surface area contributed by atoms with Crippen LogP contribution in [0.5, 0.6) is 11.5 Å². The lowest BCUT2D eigenvalue weighted by molar-refractivity contribution is -0.216. The number of Topliss-reactive ketones (excluding diaryl/α,β-unsaturated/α-hetero) is 2. The molecule has 2 aromatic rings. The Balaban J connectivity index is 1.87. The summed E-state index contributed by atoms with van der Waals surface area (Å²) in [7, 11) is -2.46. The van der Waals surface area contributed by atoms with Crippen molar-refractivity contribution in [2.24, 2.45) is 0 Å². The van der Waals surface area contributed by atoms with Crippen LogP contribution < -0.4 is 9.62 Å². The Morgan fingerprint density at radius 3 is 1.45 bits per heavy atom. The highest BCUT2D eigenvalue weighted by atomic mass is 28.4. The van der Waals surface area contributed by atoms with Crippen molar-refractivity contribution in [1.29, 1.82) is 0 Å². The van der Waals surface area contributed by atoms with E-state index in [9.17, 15) is 34.2 Å². The molecule has 0 amide bonds. The first-order valence-corrected chi connectivity index (χ1v) is 17.1. The van der Waals surface area contributed by atoms with Gasteiger partial charge in [-0.1, -0.05) is 0 Å². The van der Waals surface area contributed by atoms with Gasteiger partial charge in [-0.15, -0.1) is 0 Å². The highest BCUT2D eigenvalue weighted by Crippen LogP contribution is 2.19. The van der Waals surface area contributed by atoms with Crippen LogP contribution in [0, 0.1) is 0 Å². The fourth-order valence-electron chi connectivity index (χ4n) is 3.52. The predicted octanol–water partition coefficient (Wildman–Crippen LogP) is 1.86. The SMILES string of the molecule is COCCOC(=O)CO[Si](C)(OCC(=O)OCCOc1ccc(C(=O)C(C)(C)O)cc1)OCC(=O)OOc1ccc(C(=O)C(C)(C)O)cc1. The van der Waals surface area contributed by atoms with Crippen LogP contribution in [0.3, 0.4) is 0 Å². The van der Waals surface area contributed by atoms with Crippen LogP contribution in [0.4, 0.5) is 0 Å². The third kappa shape index (κ3) is 15.2. The lowest BCUT2D eigenvalue weighted by atomic mass is 9.97. The van der Waals surface area contributed by atoms with Gasteiger partial charge in [0.1, 0.15) is 56.6 Å². The first-order valence-electron chi connectivity index (χ1n) is 14.9. The molecule has 1 atom stereocenters. The summed E-state index contributed by atoms with van der Waals surface area (Å²) in [6.45, 7) is 4.65. The number of esters is 2. The fourth-order valence-corrected chi connectivity index (χ4v) is 4.91. The second-order valence-electron chi connectivity index (χ2n) is 11.4. The lowest BCUT2D eigenvalue weighted by Crippen LogP contribution is -2.46. The third-order valence-electron chi connectivity index (χ3n) is 6.10. The molecule has 0 aliphatic carbocycles. The second kappa shape index (κ2) is 19.1. The van der Waals surface area contributed by atoms with Gasteiger partial charge in [0.15, 0.2) is 17.3 Å². The number of aliphatic hydroxyl groups is 2. The molecule has 0 aliphatic rings. The molecule has 16 nitrogen and oxygen atoms in total. The zero-order chi connectivity index (χ0) is 36.7. The van der Waals surface area contributed by atoms with Crippen molar-refractivity contribution in [2.45, 2.75) is 45.4 Å². The highest BCUT2D eigenvalue weighted by Gasteiger charge is 2.38. The van der Waals surface area contributed by atoms with Gasteiger partial charge in [-0.05, 0) is 76.2 Å². The van der Waals surface area contributed by atoms with Crippen LogP contribution in [0.1, 0.15) is 48.4 Å². The molecule has 0 saturated carbocycles. The molecular formula is C32H42O16Si. The van der Waals surface area contributed by atoms with E-state index in [0.717, 1.165) is 0 Å². The molecule has 49 heavy (non-hydrogen) atoms. The summed E-state index contributed by atoms with van der Waals surface area (Å²) in [5.41, 5.74) is -2.58. The minimum absolute atomic E-state index is 0.0350. The number of ketones is 2. The molecule has 0 spiro atoms. The Kier molecular flexibility index (Phi) is 15.9. The van der Waals surface area contributed by atoms with E-state index >= 15 is 0 Å². The van der Waals surface area contributed by atoms with Crippen LogP contribution >= 0.6 is 0 Å². The molecule has 0 bridgehead atoms. The van der Waals surface area contributed by atoms with Gasteiger partial charge in [0, 0.05) is 24.8 Å². The van der Waals surface area contributed by atoms with Crippen LogP contribution in [-0.4, -0.2) is 113 Å². The van der Waals surface area contributed by atoms with Crippen molar-refractivity contribution < 1.29 is 76.2 Å². The molecule has 0 fully saturated rings. The molecule has 0 aromatic heterocycles. The standard InChI is InChI=1S/C32H42O16Si/c1-31(2,38)29(36)22-7-11-24(12-8-22)41-17-18-43-27(34)20-45-49(6,44-19-26(33)42-16-15-40-5)46-21-28(35)48-47-25-13-9-23(10-14-25)30(37)32(3,4)39/h7-14,38-39H,15-21H2,1-6H3. The average Bonchev–Trinajstić information content (AvgIpc) is 3.05. The topological polar surface area (TPSA) is 209 Å². The number of carbonyl (C=O) groups is 5. The van der Waals surface area contributed by atoms with Gasteiger partial charge in [-0.25, -0.2) is 19.3 Å². The Hall–Kier alpha value is -4.23. The number of ether oxygens (including phenoxy) is 4. The van der Waals surface area contributed by atoms with E-state index in [0.29, 0.717) is 11.3 Å². The molecule has 2 rings (SSSR count). The molecule has 0 saturated heterocycles. The number of benzene rings is 2. The van der Waals surface area contributed by atoms with Crippen LogP contribution in [-0.2, 0) is 46.8 Å². The fraction of sp³-hybridized carbons (Fsp3) is 0.469. The van der Waals surface area contributed by atoms with E-state index in [1.54, 1.807) is 0 Å². The van der Waals surface area contributed by atoms with Crippen molar-refractivity contribution in [1.82, 2.24) is 0 Å². The summed E-state index contributed by atoms with van der Waals surface area (Å²) in [5.74, 6) is -3.14. The van der Waals surface area contributed by atoms with E-state index in [-0.39, 0.29) is 37.7 Å². The maximum Gasteiger partial charge on any atom is 0.499 e. The maximum absolute atomic E-state index is 12.3. The lowest BCUT2D eigenvalue weighted by Gasteiger charge is -2.24. The van der Waals surface area contributed by atoms with Gasteiger partial charge >= 0.3 is 26.7 Å². The first kappa shape index (κ1) is 40.9. The van der Waals surface area contributed by atoms with Crippen molar-refractivity contribution in [3.63, 3.8) is 0 Å². The summed E-state index contributed by atoms with van der Waals surface area (Å²) in [6, 6.07) is 11.5. The Bertz CT molecular complexity index is 1400. The molecular weight excluding hydrogens is 668 g/mol. The summed E-state index contributed by atoms with van der Waals surface area (Å²) >= 11 is 0. The summed E-state index contributed by atoms with van der Waals surface area (Å²) in [4.78, 5) is 70.7.